The van der Waals surface area contributed by atoms with Crippen molar-refractivity contribution in [1.82, 2.24) is 9.97 Å². The summed E-state index contributed by atoms with van der Waals surface area (Å²) in [5, 5.41) is 0.592. The number of nitrogens with one attached hydrogen (secondary N) is 1. The topological polar surface area (TPSA) is 63.9 Å². The van der Waals surface area contributed by atoms with Gasteiger partial charge in [-0.05, 0) is 25.1 Å². The van der Waals surface area contributed by atoms with Crippen LogP contribution >= 0.6 is 11.6 Å². The maximum Gasteiger partial charge on any atom is 0.198 e. The Morgan fingerprint density at radius 1 is 1.44 bits per heavy atom. The van der Waals surface area contributed by atoms with Crippen LogP contribution in [0.15, 0.2) is 18.2 Å². The van der Waals surface area contributed by atoms with Crippen LogP contribution in [0.3, 0.4) is 0 Å². The second-order valence-corrected chi connectivity index (χ2v) is 3.85. The van der Waals surface area contributed by atoms with Crippen molar-refractivity contribution in [2.24, 2.45) is 0 Å². The molecule has 0 aliphatic rings. The zero-order valence-electron chi connectivity index (χ0n) is 9.04. The summed E-state index contributed by atoms with van der Waals surface area (Å²) in [5.74, 6) is 1.11. The lowest BCUT2D eigenvalue weighted by atomic mass is 10.1. The van der Waals surface area contributed by atoms with E-state index in [-0.39, 0.29) is 0 Å². The van der Waals surface area contributed by atoms with Crippen molar-refractivity contribution < 1.29 is 4.74 Å². The van der Waals surface area contributed by atoms with Crippen LogP contribution in [0, 0.1) is 6.92 Å². The molecule has 1 aromatic carbocycles. The van der Waals surface area contributed by atoms with E-state index in [1.54, 1.807) is 13.2 Å². The van der Waals surface area contributed by atoms with E-state index >= 15 is 0 Å². The maximum absolute atomic E-state index is 6.15. The fraction of sp³-hybridized carbons (Fsp3) is 0.182. The molecule has 0 saturated heterocycles. The number of nitrogen functional groups attached to an aromatic ring is 1. The summed E-state index contributed by atoms with van der Waals surface area (Å²) in [6.07, 6.45) is 0. The van der Waals surface area contributed by atoms with Crippen LogP contribution in [0.25, 0.3) is 11.3 Å². The summed E-state index contributed by atoms with van der Waals surface area (Å²) in [5.41, 5.74) is 8.09. The second kappa shape index (κ2) is 4.06. The van der Waals surface area contributed by atoms with Crippen LogP contribution in [-0.2, 0) is 0 Å². The van der Waals surface area contributed by atoms with Crippen molar-refractivity contribution in [2.45, 2.75) is 6.92 Å². The maximum atomic E-state index is 6.15. The van der Waals surface area contributed by atoms with E-state index in [0.29, 0.717) is 11.0 Å². The lowest BCUT2D eigenvalue weighted by Crippen LogP contribution is -1.87. The molecule has 0 unspecified atom stereocenters. The number of aryl methyl sites for hydroxylation is 1. The molecule has 2 rings (SSSR count). The molecule has 3 N–H and O–H groups in total. The number of nitrogens with two attached hydrogens (primary N) is 1. The smallest absolute Gasteiger partial charge is 0.198 e. The molecule has 5 heteroatoms. The summed E-state index contributed by atoms with van der Waals surface area (Å²) < 4.78 is 5.08. The number of hydrogen-bond donors (Lipinski definition) is 2. The Kier molecular flexibility index (Phi) is 2.75. The highest BCUT2D eigenvalue weighted by atomic mass is 35.5. The van der Waals surface area contributed by atoms with Crippen molar-refractivity contribution in [1.29, 1.82) is 0 Å². The molecule has 0 spiro atoms. The third-order valence-corrected chi connectivity index (χ3v) is 2.65. The molecule has 0 saturated carbocycles. The molecule has 4 nitrogen and oxygen atoms in total. The summed E-state index contributed by atoms with van der Waals surface area (Å²) in [7, 11) is 1.60. The van der Waals surface area contributed by atoms with Gasteiger partial charge in [-0.3, -0.25) is 0 Å². The van der Waals surface area contributed by atoms with Gasteiger partial charge in [0.2, 0.25) is 0 Å². The van der Waals surface area contributed by atoms with Crippen LogP contribution in [0.1, 0.15) is 5.69 Å². The highest BCUT2D eigenvalue weighted by Gasteiger charge is 2.11. The standard InChI is InChI=1S/C11H12ClN3O/c1-6-10(15-11(13)14-6)8-4-3-7(16-2)5-9(8)12/h3-5H,1-2H3,(H3,13,14,15). The Morgan fingerprint density at radius 3 is 2.69 bits per heavy atom. The quantitative estimate of drug-likeness (QED) is 0.844. The lowest BCUT2D eigenvalue weighted by Gasteiger charge is -2.05. The van der Waals surface area contributed by atoms with Crippen LogP contribution < -0.4 is 10.5 Å². The average molecular weight is 238 g/mol. The van der Waals surface area contributed by atoms with Crippen LogP contribution in [0.2, 0.25) is 5.02 Å². The first-order valence-corrected chi connectivity index (χ1v) is 5.15. The van der Waals surface area contributed by atoms with Crippen molar-refractivity contribution >= 4 is 17.5 Å². The van der Waals surface area contributed by atoms with Gasteiger partial charge in [-0.1, -0.05) is 11.6 Å². The summed E-state index contributed by atoms with van der Waals surface area (Å²) >= 11 is 6.15. The number of H-pyrrole nitrogens is 1. The minimum absolute atomic E-state index is 0.388. The monoisotopic (exact) mass is 237 g/mol. The molecule has 0 amide bonds. The van der Waals surface area contributed by atoms with E-state index in [1.165, 1.54) is 0 Å². The van der Waals surface area contributed by atoms with Crippen LogP contribution in [0.4, 0.5) is 5.95 Å². The Morgan fingerprint density at radius 2 is 2.19 bits per heavy atom. The van der Waals surface area contributed by atoms with Crippen LogP contribution in [0.5, 0.6) is 5.75 Å². The largest absolute Gasteiger partial charge is 0.497 e. The van der Waals surface area contributed by atoms with Gasteiger partial charge < -0.3 is 15.5 Å². The van der Waals surface area contributed by atoms with E-state index in [9.17, 15) is 0 Å². The molecular formula is C11H12ClN3O. The summed E-state index contributed by atoms with van der Waals surface area (Å²) in [6.45, 7) is 1.90. The number of aromatic nitrogens is 2. The second-order valence-electron chi connectivity index (χ2n) is 3.44. The van der Waals surface area contributed by atoms with Gasteiger partial charge in [0, 0.05) is 11.3 Å². The number of aromatic amines is 1. The molecule has 0 bridgehead atoms. The highest BCUT2D eigenvalue weighted by molar-refractivity contribution is 6.33. The molecule has 1 aromatic heterocycles. The molecule has 16 heavy (non-hydrogen) atoms. The zero-order chi connectivity index (χ0) is 11.7. The molecule has 84 valence electrons. The lowest BCUT2D eigenvalue weighted by molar-refractivity contribution is 0.415. The number of methoxy groups -OCH3 is 1. The number of imidazole rings is 1. The Bertz CT molecular complexity index is 522. The molecule has 0 fully saturated rings. The normalized spacial score (nSPS) is 10.4. The molecular weight excluding hydrogens is 226 g/mol. The van der Waals surface area contributed by atoms with Gasteiger partial charge in [-0.15, -0.1) is 0 Å². The van der Waals surface area contributed by atoms with E-state index in [2.05, 4.69) is 9.97 Å². The first kappa shape index (κ1) is 10.8. The van der Waals surface area contributed by atoms with Gasteiger partial charge in [0.15, 0.2) is 5.95 Å². The van der Waals surface area contributed by atoms with Gasteiger partial charge in [0.25, 0.3) is 0 Å². The van der Waals surface area contributed by atoms with E-state index in [0.717, 1.165) is 22.7 Å². The molecule has 0 aliphatic heterocycles. The minimum atomic E-state index is 0.388. The van der Waals surface area contributed by atoms with Gasteiger partial charge in [0.05, 0.1) is 17.8 Å². The predicted molar refractivity (Wildman–Crippen MR) is 64.7 cm³/mol. The third kappa shape index (κ3) is 1.84. The molecule has 2 aromatic rings. The Hall–Kier alpha value is -1.68. The summed E-state index contributed by atoms with van der Waals surface area (Å²) in [6, 6.07) is 5.45. The number of rotatable bonds is 2. The Labute approximate surface area is 98.4 Å². The third-order valence-electron chi connectivity index (χ3n) is 2.33. The zero-order valence-corrected chi connectivity index (χ0v) is 9.80. The number of hydrogen-bond acceptors (Lipinski definition) is 3. The van der Waals surface area contributed by atoms with Gasteiger partial charge in [-0.2, -0.15) is 0 Å². The highest BCUT2D eigenvalue weighted by Crippen LogP contribution is 2.32. The number of benzene rings is 1. The van der Waals surface area contributed by atoms with E-state index in [4.69, 9.17) is 22.1 Å². The van der Waals surface area contributed by atoms with Crippen molar-refractivity contribution in [2.75, 3.05) is 12.8 Å². The van der Waals surface area contributed by atoms with E-state index < -0.39 is 0 Å². The Balaban J connectivity index is 2.52. The van der Waals surface area contributed by atoms with Crippen molar-refractivity contribution in [3.8, 4) is 17.0 Å². The van der Waals surface area contributed by atoms with Gasteiger partial charge >= 0.3 is 0 Å². The fourth-order valence-electron chi connectivity index (χ4n) is 1.56. The van der Waals surface area contributed by atoms with Crippen molar-refractivity contribution in [3.63, 3.8) is 0 Å². The SMILES string of the molecule is COc1ccc(-c2nc(N)[nH]c2C)c(Cl)c1. The molecule has 0 aliphatic carbocycles. The number of halogens is 1. The number of ether oxygens (including phenoxy) is 1. The van der Waals surface area contributed by atoms with Gasteiger partial charge in [-0.25, -0.2) is 4.98 Å². The van der Waals surface area contributed by atoms with Gasteiger partial charge in [0.1, 0.15) is 5.75 Å². The first-order valence-electron chi connectivity index (χ1n) is 4.78. The minimum Gasteiger partial charge on any atom is -0.497 e. The average Bonchev–Trinajstić information content (AvgIpc) is 2.57. The van der Waals surface area contributed by atoms with Crippen molar-refractivity contribution in [3.05, 3.63) is 28.9 Å². The molecule has 1 heterocycles. The fourth-order valence-corrected chi connectivity index (χ4v) is 1.82. The number of nitrogens with zero attached hydrogens (tertiary/aromatic N) is 1. The van der Waals surface area contributed by atoms with E-state index in [1.807, 2.05) is 19.1 Å². The number of anilines is 1. The predicted octanol–water partition coefficient (Wildman–Crippen LogP) is 2.63. The molecule has 0 atom stereocenters. The van der Waals surface area contributed by atoms with Crippen LogP contribution in [-0.4, -0.2) is 17.1 Å². The molecule has 0 radical (unpaired) electrons. The first-order chi connectivity index (χ1) is 7.61. The summed E-state index contributed by atoms with van der Waals surface area (Å²) in [4.78, 5) is 7.13.